The molecule has 1 rings (SSSR count). The second-order valence-electron chi connectivity index (χ2n) is 4.92. The maximum atomic E-state index is 11.6. The van der Waals surface area contributed by atoms with Crippen molar-refractivity contribution in [1.29, 1.82) is 0 Å². The highest BCUT2D eigenvalue weighted by Crippen LogP contribution is 2.35. The first kappa shape index (κ1) is 15.4. The van der Waals surface area contributed by atoms with Crippen LogP contribution in [0, 0.1) is 27.9 Å². The Labute approximate surface area is 111 Å². The van der Waals surface area contributed by atoms with Crippen LogP contribution in [0.1, 0.15) is 32.1 Å². The predicted molar refractivity (Wildman–Crippen MR) is 65.1 cm³/mol. The zero-order valence-corrected chi connectivity index (χ0v) is 10.9. The standard InChI is InChI=1S/C12H19NO6/c1-19-12(16)10(11(14)15)9(7-13(17)18)8-5-3-2-4-6-8/h8-10H,2-7H2,1H3,(H,14,15). The highest BCUT2D eigenvalue weighted by molar-refractivity contribution is 5.94. The summed E-state index contributed by atoms with van der Waals surface area (Å²) < 4.78 is 4.48. The minimum absolute atomic E-state index is 0.0978. The van der Waals surface area contributed by atoms with Crippen molar-refractivity contribution in [1.82, 2.24) is 0 Å². The maximum absolute atomic E-state index is 11.6. The lowest BCUT2D eigenvalue weighted by Crippen LogP contribution is -2.40. The molecule has 0 saturated heterocycles. The van der Waals surface area contributed by atoms with Crippen LogP contribution in [-0.4, -0.2) is 35.6 Å². The summed E-state index contributed by atoms with van der Waals surface area (Å²) in [6.07, 6.45) is 4.37. The second-order valence-corrected chi connectivity index (χ2v) is 4.92. The molecular formula is C12H19NO6. The van der Waals surface area contributed by atoms with Crippen molar-refractivity contribution < 1.29 is 24.4 Å². The molecule has 1 N–H and O–H groups in total. The summed E-state index contributed by atoms with van der Waals surface area (Å²) in [5.74, 6) is -4.58. The Balaban J connectivity index is 2.94. The molecule has 0 heterocycles. The number of carbonyl (C=O) groups is 2. The van der Waals surface area contributed by atoms with Crippen LogP contribution >= 0.6 is 0 Å². The summed E-state index contributed by atoms with van der Waals surface area (Å²) >= 11 is 0. The van der Waals surface area contributed by atoms with Crippen LogP contribution in [0.15, 0.2) is 0 Å². The van der Waals surface area contributed by atoms with Crippen LogP contribution < -0.4 is 0 Å². The highest BCUT2D eigenvalue weighted by Gasteiger charge is 2.43. The quantitative estimate of drug-likeness (QED) is 0.338. The third-order valence-electron chi connectivity index (χ3n) is 3.76. The Morgan fingerprint density at radius 1 is 1.37 bits per heavy atom. The number of aliphatic carboxylic acids is 1. The van der Waals surface area contributed by atoms with Crippen molar-refractivity contribution in [2.75, 3.05) is 13.7 Å². The zero-order valence-electron chi connectivity index (χ0n) is 10.9. The third kappa shape index (κ3) is 4.18. The SMILES string of the molecule is COC(=O)C(C(=O)O)C(C[N+](=O)[O-])C1CCCCC1. The summed E-state index contributed by atoms with van der Waals surface area (Å²) in [4.78, 5) is 33.0. The topological polar surface area (TPSA) is 107 Å². The van der Waals surface area contributed by atoms with E-state index in [2.05, 4.69) is 4.74 Å². The number of hydrogen-bond acceptors (Lipinski definition) is 5. The van der Waals surface area contributed by atoms with Crippen molar-refractivity contribution >= 4 is 11.9 Å². The van der Waals surface area contributed by atoms with Gasteiger partial charge in [0.25, 0.3) is 0 Å². The van der Waals surface area contributed by atoms with Crippen molar-refractivity contribution in [3.05, 3.63) is 10.1 Å². The Hall–Kier alpha value is -1.66. The Morgan fingerprint density at radius 3 is 2.37 bits per heavy atom. The van der Waals surface area contributed by atoms with Gasteiger partial charge in [-0.05, 0) is 18.8 Å². The molecule has 0 spiro atoms. The number of nitrogens with zero attached hydrogens (tertiary/aromatic N) is 1. The molecule has 0 bridgehead atoms. The van der Waals surface area contributed by atoms with Gasteiger partial charge in [0.2, 0.25) is 6.54 Å². The largest absolute Gasteiger partial charge is 0.481 e. The normalized spacial score (nSPS) is 19.4. The molecule has 0 aromatic rings. The molecule has 1 aliphatic rings. The highest BCUT2D eigenvalue weighted by atomic mass is 16.6. The van der Waals surface area contributed by atoms with Crippen molar-refractivity contribution in [3.8, 4) is 0 Å². The molecule has 2 atom stereocenters. The maximum Gasteiger partial charge on any atom is 0.320 e. The van der Waals surface area contributed by atoms with Gasteiger partial charge in [0.1, 0.15) is 0 Å². The van der Waals surface area contributed by atoms with E-state index in [4.69, 9.17) is 5.11 Å². The number of ether oxygens (including phenoxy) is 1. The van der Waals surface area contributed by atoms with Gasteiger partial charge < -0.3 is 9.84 Å². The first-order chi connectivity index (χ1) is 8.97. The van der Waals surface area contributed by atoms with Gasteiger partial charge in [0.05, 0.1) is 13.0 Å². The molecule has 2 unspecified atom stereocenters. The lowest BCUT2D eigenvalue weighted by molar-refractivity contribution is -0.491. The Bertz CT molecular complexity index is 350. The van der Waals surface area contributed by atoms with Crippen LogP contribution in [0.2, 0.25) is 0 Å². The average molecular weight is 273 g/mol. The van der Waals surface area contributed by atoms with E-state index in [1.165, 1.54) is 0 Å². The molecule has 108 valence electrons. The number of carboxylic acids is 1. The molecule has 0 amide bonds. The fourth-order valence-corrected chi connectivity index (χ4v) is 2.85. The average Bonchev–Trinajstić information content (AvgIpc) is 2.37. The lowest BCUT2D eigenvalue weighted by atomic mass is 9.74. The smallest absolute Gasteiger partial charge is 0.320 e. The molecule has 0 radical (unpaired) electrons. The van der Waals surface area contributed by atoms with Crippen molar-refractivity contribution in [2.45, 2.75) is 32.1 Å². The van der Waals surface area contributed by atoms with Crippen molar-refractivity contribution in [2.24, 2.45) is 17.8 Å². The van der Waals surface area contributed by atoms with Crippen LogP contribution in [-0.2, 0) is 14.3 Å². The minimum atomic E-state index is -1.45. The molecule has 0 aromatic carbocycles. The summed E-state index contributed by atoms with van der Waals surface area (Å²) in [7, 11) is 1.10. The number of rotatable bonds is 6. The van der Waals surface area contributed by atoms with Gasteiger partial charge in [-0.2, -0.15) is 0 Å². The monoisotopic (exact) mass is 273 g/mol. The molecule has 19 heavy (non-hydrogen) atoms. The van der Waals surface area contributed by atoms with Crippen LogP contribution in [0.4, 0.5) is 0 Å². The summed E-state index contributed by atoms with van der Waals surface area (Å²) in [6, 6.07) is 0. The van der Waals surface area contributed by atoms with Gasteiger partial charge >= 0.3 is 11.9 Å². The van der Waals surface area contributed by atoms with Crippen molar-refractivity contribution in [3.63, 3.8) is 0 Å². The van der Waals surface area contributed by atoms with Crippen LogP contribution in [0.5, 0.6) is 0 Å². The number of hydrogen-bond donors (Lipinski definition) is 1. The molecule has 1 fully saturated rings. The summed E-state index contributed by atoms with van der Waals surface area (Å²) in [5, 5.41) is 19.9. The fourth-order valence-electron chi connectivity index (χ4n) is 2.85. The van der Waals surface area contributed by atoms with Crippen LogP contribution in [0.3, 0.4) is 0 Å². The minimum Gasteiger partial charge on any atom is -0.481 e. The van der Waals surface area contributed by atoms with Gasteiger partial charge in [-0.25, -0.2) is 0 Å². The van der Waals surface area contributed by atoms with E-state index in [9.17, 15) is 19.7 Å². The summed E-state index contributed by atoms with van der Waals surface area (Å²) in [5.41, 5.74) is 0. The Kier molecular flexibility index (Phi) is 5.72. The lowest BCUT2D eigenvalue weighted by Gasteiger charge is -2.30. The molecular weight excluding hydrogens is 254 g/mol. The number of carbonyl (C=O) groups excluding carboxylic acids is 1. The first-order valence-corrected chi connectivity index (χ1v) is 6.39. The number of esters is 1. The van der Waals surface area contributed by atoms with E-state index in [-0.39, 0.29) is 5.92 Å². The van der Waals surface area contributed by atoms with Crippen LogP contribution in [0.25, 0.3) is 0 Å². The van der Waals surface area contributed by atoms with E-state index in [1.807, 2.05) is 0 Å². The second kappa shape index (κ2) is 7.06. The molecule has 7 heteroatoms. The number of methoxy groups -OCH3 is 1. The molecule has 0 aliphatic heterocycles. The first-order valence-electron chi connectivity index (χ1n) is 6.39. The molecule has 0 aromatic heterocycles. The third-order valence-corrected chi connectivity index (χ3v) is 3.76. The Morgan fingerprint density at radius 2 is 1.95 bits per heavy atom. The van der Waals surface area contributed by atoms with Gasteiger partial charge in [0, 0.05) is 4.92 Å². The fraction of sp³-hybridized carbons (Fsp3) is 0.833. The van der Waals surface area contributed by atoms with E-state index in [1.54, 1.807) is 0 Å². The van der Waals surface area contributed by atoms with Gasteiger partial charge in [-0.1, -0.05) is 19.3 Å². The van der Waals surface area contributed by atoms with E-state index in [0.29, 0.717) is 0 Å². The van der Waals surface area contributed by atoms with Gasteiger partial charge in [-0.3, -0.25) is 19.7 Å². The molecule has 1 aliphatic carbocycles. The van der Waals surface area contributed by atoms with Gasteiger partial charge in [0.15, 0.2) is 5.92 Å². The van der Waals surface area contributed by atoms with E-state index in [0.717, 1.165) is 39.2 Å². The number of carboxylic acid groups (broad SMARTS) is 1. The zero-order chi connectivity index (χ0) is 14.4. The summed E-state index contributed by atoms with van der Waals surface area (Å²) in [6.45, 7) is -0.503. The van der Waals surface area contributed by atoms with Gasteiger partial charge in [-0.15, -0.1) is 0 Å². The van der Waals surface area contributed by atoms with E-state index < -0.39 is 35.2 Å². The predicted octanol–water partition coefficient (Wildman–Crippen LogP) is 1.33. The van der Waals surface area contributed by atoms with E-state index >= 15 is 0 Å². The molecule has 7 nitrogen and oxygen atoms in total. The molecule has 1 saturated carbocycles. The number of nitro groups is 1.